The van der Waals surface area contributed by atoms with E-state index in [4.69, 9.17) is 0 Å². The Kier molecular flexibility index (Phi) is 3.72. The number of benzene rings is 3. The molecule has 0 amide bonds. The van der Waals surface area contributed by atoms with Crippen molar-refractivity contribution in [1.82, 2.24) is 5.32 Å². The molecule has 3 rings (SSSR count). The average Bonchev–Trinajstić information content (AvgIpc) is 2.50. The van der Waals surface area contributed by atoms with Crippen LogP contribution in [-0.2, 0) is 0 Å². The van der Waals surface area contributed by atoms with Gasteiger partial charge < -0.3 is 5.32 Å². The second-order valence-electron chi connectivity index (χ2n) is 5.29. The van der Waals surface area contributed by atoms with E-state index < -0.39 is 0 Å². The fourth-order valence-corrected chi connectivity index (χ4v) is 2.94. The van der Waals surface area contributed by atoms with Crippen LogP contribution in [0.2, 0.25) is 0 Å². The van der Waals surface area contributed by atoms with Gasteiger partial charge in [0.1, 0.15) is 5.82 Å². The summed E-state index contributed by atoms with van der Waals surface area (Å²) in [6.07, 6.45) is 0. The van der Waals surface area contributed by atoms with Crippen molar-refractivity contribution >= 4 is 10.8 Å². The van der Waals surface area contributed by atoms with Gasteiger partial charge in [-0.15, -0.1) is 0 Å². The van der Waals surface area contributed by atoms with Crippen LogP contribution in [-0.4, -0.2) is 7.05 Å². The van der Waals surface area contributed by atoms with E-state index in [1.807, 2.05) is 26.1 Å². The van der Waals surface area contributed by atoms with Crippen molar-refractivity contribution in [3.05, 3.63) is 83.2 Å². The second-order valence-corrected chi connectivity index (χ2v) is 5.29. The molecular formula is C19H18FN. The molecule has 106 valence electrons. The minimum atomic E-state index is -0.191. The van der Waals surface area contributed by atoms with Crippen molar-refractivity contribution in [3.63, 3.8) is 0 Å². The molecule has 0 aliphatic rings. The number of nitrogens with one attached hydrogen (secondary N) is 1. The van der Waals surface area contributed by atoms with E-state index in [1.165, 1.54) is 22.4 Å². The number of halogens is 1. The maximum absolute atomic E-state index is 13.3. The zero-order chi connectivity index (χ0) is 14.8. The molecule has 1 nitrogen and oxygen atoms in total. The van der Waals surface area contributed by atoms with E-state index in [1.54, 1.807) is 6.07 Å². The van der Waals surface area contributed by atoms with Gasteiger partial charge in [-0.1, -0.05) is 48.5 Å². The van der Waals surface area contributed by atoms with Crippen LogP contribution >= 0.6 is 0 Å². The Labute approximate surface area is 124 Å². The normalized spacial score (nSPS) is 12.5. The predicted octanol–water partition coefficient (Wildman–Crippen LogP) is 4.60. The molecule has 0 saturated carbocycles. The van der Waals surface area contributed by atoms with Gasteiger partial charge in [0.05, 0.1) is 6.04 Å². The van der Waals surface area contributed by atoms with Gasteiger partial charge in [-0.25, -0.2) is 4.39 Å². The largest absolute Gasteiger partial charge is 0.309 e. The number of fused-ring (bicyclic) bond motifs is 1. The second kappa shape index (κ2) is 5.66. The lowest BCUT2D eigenvalue weighted by atomic mass is 9.91. The van der Waals surface area contributed by atoms with E-state index in [9.17, 15) is 4.39 Å². The highest BCUT2D eigenvalue weighted by atomic mass is 19.1. The van der Waals surface area contributed by atoms with Crippen molar-refractivity contribution in [3.8, 4) is 0 Å². The van der Waals surface area contributed by atoms with E-state index >= 15 is 0 Å². The fraction of sp³-hybridized carbons (Fsp3) is 0.158. The van der Waals surface area contributed by atoms with Gasteiger partial charge in [0.2, 0.25) is 0 Å². The molecule has 3 aromatic rings. The molecular weight excluding hydrogens is 261 g/mol. The summed E-state index contributed by atoms with van der Waals surface area (Å²) >= 11 is 0. The van der Waals surface area contributed by atoms with Crippen LogP contribution in [0.5, 0.6) is 0 Å². The van der Waals surface area contributed by atoms with Gasteiger partial charge in [-0.05, 0) is 53.6 Å². The molecule has 0 radical (unpaired) electrons. The zero-order valence-corrected chi connectivity index (χ0v) is 12.2. The van der Waals surface area contributed by atoms with E-state index in [-0.39, 0.29) is 11.9 Å². The molecule has 0 aliphatic heterocycles. The Morgan fingerprint density at radius 3 is 2.43 bits per heavy atom. The molecule has 0 spiro atoms. The lowest BCUT2D eigenvalue weighted by Gasteiger charge is -2.21. The summed E-state index contributed by atoms with van der Waals surface area (Å²) < 4.78 is 13.3. The summed E-state index contributed by atoms with van der Waals surface area (Å²) in [5, 5.41) is 5.81. The number of hydrogen-bond acceptors (Lipinski definition) is 1. The lowest BCUT2D eigenvalue weighted by molar-refractivity contribution is 0.621. The number of hydrogen-bond donors (Lipinski definition) is 1. The smallest absolute Gasteiger partial charge is 0.123 e. The standard InChI is InChI=1S/C19H18FN/c1-13-12-15(20)10-11-16(13)19(21-2)18-9-5-7-14-6-3-4-8-17(14)18/h3-12,19,21H,1-2H3. The summed E-state index contributed by atoms with van der Waals surface area (Å²) in [7, 11) is 1.94. The average molecular weight is 279 g/mol. The summed E-state index contributed by atoms with van der Waals surface area (Å²) in [4.78, 5) is 0. The van der Waals surface area contributed by atoms with Crippen molar-refractivity contribution in [1.29, 1.82) is 0 Å². The van der Waals surface area contributed by atoms with Gasteiger partial charge in [0.25, 0.3) is 0 Å². The Morgan fingerprint density at radius 1 is 0.905 bits per heavy atom. The van der Waals surface area contributed by atoms with Crippen molar-refractivity contribution in [2.75, 3.05) is 7.05 Å². The summed E-state index contributed by atoms with van der Waals surface area (Å²) in [6, 6.07) is 19.7. The Balaban J connectivity index is 2.18. The minimum absolute atomic E-state index is 0.0525. The minimum Gasteiger partial charge on any atom is -0.309 e. The highest BCUT2D eigenvalue weighted by Gasteiger charge is 2.16. The summed E-state index contributed by atoms with van der Waals surface area (Å²) in [6.45, 7) is 1.95. The van der Waals surface area contributed by atoms with Crippen LogP contribution in [0, 0.1) is 12.7 Å². The van der Waals surface area contributed by atoms with Crippen molar-refractivity contribution in [2.45, 2.75) is 13.0 Å². The van der Waals surface area contributed by atoms with Crippen LogP contribution < -0.4 is 5.32 Å². The first-order valence-electron chi connectivity index (χ1n) is 7.11. The molecule has 0 saturated heterocycles. The van der Waals surface area contributed by atoms with Crippen LogP contribution in [0.25, 0.3) is 10.8 Å². The Morgan fingerprint density at radius 2 is 1.67 bits per heavy atom. The quantitative estimate of drug-likeness (QED) is 0.739. The maximum Gasteiger partial charge on any atom is 0.123 e. The third kappa shape index (κ3) is 2.55. The monoisotopic (exact) mass is 279 g/mol. The maximum atomic E-state index is 13.3. The SMILES string of the molecule is CNC(c1ccc(F)cc1C)c1cccc2ccccc12. The zero-order valence-electron chi connectivity index (χ0n) is 12.2. The molecule has 1 atom stereocenters. The van der Waals surface area contributed by atoms with Gasteiger partial charge in [-0.3, -0.25) is 0 Å². The topological polar surface area (TPSA) is 12.0 Å². The highest BCUT2D eigenvalue weighted by Crippen LogP contribution is 2.30. The van der Waals surface area contributed by atoms with E-state index in [0.717, 1.165) is 11.1 Å². The van der Waals surface area contributed by atoms with Gasteiger partial charge in [-0.2, -0.15) is 0 Å². The number of aryl methyl sites for hydroxylation is 1. The van der Waals surface area contributed by atoms with Crippen LogP contribution in [0.15, 0.2) is 60.7 Å². The van der Waals surface area contributed by atoms with Gasteiger partial charge in [0.15, 0.2) is 0 Å². The summed E-state index contributed by atoms with van der Waals surface area (Å²) in [5.41, 5.74) is 3.28. The predicted molar refractivity (Wildman–Crippen MR) is 86.0 cm³/mol. The van der Waals surface area contributed by atoms with Crippen molar-refractivity contribution in [2.24, 2.45) is 0 Å². The molecule has 3 aromatic carbocycles. The van der Waals surface area contributed by atoms with Crippen LogP contribution in [0.1, 0.15) is 22.7 Å². The van der Waals surface area contributed by atoms with Crippen LogP contribution in [0.3, 0.4) is 0 Å². The fourth-order valence-electron chi connectivity index (χ4n) is 2.94. The van der Waals surface area contributed by atoms with Crippen LogP contribution in [0.4, 0.5) is 4.39 Å². The first-order chi connectivity index (χ1) is 10.2. The highest BCUT2D eigenvalue weighted by molar-refractivity contribution is 5.86. The molecule has 0 aliphatic carbocycles. The van der Waals surface area contributed by atoms with Gasteiger partial charge >= 0.3 is 0 Å². The molecule has 0 fully saturated rings. The van der Waals surface area contributed by atoms with E-state index in [0.29, 0.717) is 0 Å². The lowest BCUT2D eigenvalue weighted by Crippen LogP contribution is -2.19. The Hall–Kier alpha value is -2.19. The molecule has 0 heterocycles. The van der Waals surface area contributed by atoms with E-state index in [2.05, 4.69) is 41.7 Å². The van der Waals surface area contributed by atoms with Crippen molar-refractivity contribution < 1.29 is 4.39 Å². The third-order valence-electron chi connectivity index (χ3n) is 3.97. The first kappa shape index (κ1) is 13.8. The molecule has 0 bridgehead atoms. The molecule has 0 aromatic heterocycles. The third-order valence-corrected chi connectivity index (χ3v) is 3.97. The molecule has 2 heteroatoms. The molecule has 21 heavy (non-hydrogen) atoms. The number of rotatable bonds is 3. The first-order valence-corrected chi connectivity index (χ1v) is 7.11. The Bertz CT molecular complexity index is 774. The summed E-state index contributed by atoms with van der Waals surface area (Å²) in [5.74, 6) is -0.191. The molecule has 1 N–H and O–H groups in total. The van der Waals surface area contributed by atoms with Gasteiger partial charge in [0, 0.05) is 0 Å². The molecule has 1 unspecified atom stereocenters.